The third-order valence-electron chi connectivity index (χ3n) is 2.44. The number of likely N-dealkylation sites (N-methyl/N-ethyl adjacent to an activating group) is 1. The van der Waals surface area contributed by atoms with E-state index in [-0.39, 0.29) is 0 Å². The summed E-state index contributed by atoms with van der Waals surface area (Å²) in [4.78, 5) is 2.29. The fraction of sp³-hybridized carbons (Fsp3) is 1.00. The van der Waals surface area contributed by atoms with Crippen molar-refractivity contribution in [2.45, 2.75) is 52.7 Å². The molecule has 92 valence electrons. The second-order valence-electron chi connectivity index (χ2n) is 4.90. The van der Waals surface area contributed by atoms with Crippen molar-refractivity contribution in [3.63, 3.8) is 0 Å². The molecular weight excluding hydrogens is 188 g/mol. The van der Waals surface area contributed by atoms with Gasteiger partial charge in [-0.2, -0.15) is 0 Å². The van der Waals surface area contributed by atoms with Crippen molar-refractivity contribution >= 4 is 0 Å². The lowest BCUT2D eigenvalue weighted by Gasteiger charge is -2.31. The molecule has 2 N–H and O–H groups in total. The number of rotatable bonds is 8. The second-order valence-corrected chi connectivity index (χ2v) is 4.90. The van der Waals surface area contributed by atoms with Crippen LogP contribution >= 0.6 is 0 Å². The highest BCUT2D eigenvalue weighted by Gasteiger charge is 2.22. The Bertz CT molecular complexity index is 158. The summed E-state index contributed by atoms with van der Waals surface area (Å²) >= 11 is 0. The SMILES string of the molecule is CCCN(CC)CC(C)(O)CNC(C)C. The van der Waals surface area contributed by atoms with E-state index in [1.807, 2.05) is 6.92 Å². The zero-order chi connectivity index (χ0) is 11.9. The molecule has 0 aliphatic carbocycles. The molecule has 0 saturated carbocycles. The summed E-state index contributed by atoms with van der Waals surface area (Å²) in [5, 5.41) is 13.5. The first-order chi connectivity index (χ1) is 6.91. The van der Waals surface area contributed by atoms with E-state index in [1.165, 1.54) is 0 Å². The average Bonchev–Trinajstić information content (AvgIpc) is 2.14. The summed E-state index contributed by atoms with van der Waals surface area (Å²) in [6.45, 7) is 13.9. The van der Waals surface area contributed by atoms with Crippen LogP contribution in [0.3, 0.4) is 0 Å². The van der Waals surface area contributed by atoms with Crippen molar-refractivity contribution < 1.29 is 5.11 Å². The molecule has 0 aromatic heterocycles. The molecule has 0 radical (unpaired) electrons. The van der Waals surface area contributed by atoms with Crippen LogP contribution in [0.25, 0.3) is 0 Å². The number of nitrogens with one attached hydrogen (secondary N) is 1. The average molecular weight is 216 g/mol. The van der Waals surface area contributed by atoms with Crippen LogP contribution in [0, 0.1) is 0 Å². The van der Waals surface area contributed by atoms with E-state index in [1.54, 1.807) is 0 Å². The summed E-state index contributed by atoms with van der Waals surface area (Å²) in [5.74, 6) is 0. The lowest BCUT2D eigenvalue weighted by atomic mass is 10.1. The van der Waals surface area contributed by atoms with Crippen molar-refractivity contribution in [3.8, 4) is 0 Å². The van der Waals surface area contributed by atoms with Crippen LogP contribution in [0.15, 0.2) is 0 Å². The molecule has 0 rings (SSSR count). The standard InChI is InChI=1S/C12H28N2O/c1-6-8-14(7-2)10-12(5,15)9-13-11(3)4/h11,13,15H,6-10H2,1-5H3. The van der Waals surface area contributed by atoms with Gasteiger partial charge in [0.15, 0.2) is 0 Å². The highest BCUT2D eigenvalue weighted by molar-refractivity contribution is 4.80. The maximum atomic E-state index is 10.2. The molecule has 0 aliphatic rings. The summed E-state index contributed by atoms with van der Waals surface area (Å²) < 4.78 is 0. The normalized spacial score (nSPS) is 16.0. The molecule has 0 bridgehead atoms. The highest BCUT2D eigenvalue weighted by Crippen LogP contribution is 2.06. The Morgan fingerprint density at radius 2 is 1.93 bits per heavy atom. The lowest BCUT2D eigenvalue weighted by molar-refractivity contribution is 0.0201. The Balaban J connectivity index is 3.97. The molecule has 0 aromatic carbocycles. The Morgan fingerprint density at radius 3 is 2.33 bits per heavy atom. The van der Waals surface area contributed by atoms with Crippen LogP contribution in [0.5, 0.6) is 0 Å². The van der Waals surface area contributed by atoms with Gasteiger partial charge in [0.05, 0.1) is 5.60 Å². The fourth-order valence-corrected chi connectivity index (χ4v) is 1.63. The number of hydrogen-bond donors (Lipinski definition) is 2. The molecule has 0 aliphatic heterocycles. The van der Waals surface area contributed by atoms with E-state index in [4.69, 9.17) is 0 Å². The molecule has 3 heteroatoms. The van der Waals surface area contributed by atoms with Gasteiger partial charge in [-0.3, -0.25) is 0 Å². The predicted octanol–water partition coefficient (Wildman–Crippen LogP) is 1.47. The molecule has 1 atom stereocenters. The predicted molar refractivity (Wildman–Crippen MR) is 66.2 cm³/mol. The lowest BCUT2D eigenvalue weighted by Crippen LogP contribution is -2.49. The number of nitrogens with zero attached hydrogens (tertiary/aromatic N) is 1. The van der Waals surface area contributed by atoms with Crippen LogP contribution in [-0.4, -0.2) is 47.8 Å². The monoisotopic (exact) mass is 216 g/mol. The molecule has 15 heavy (non-hydrogen) atoms. The van der Waals surface area contributed by atoms with E-state index < -0.39 is 5.60 Å². The topological polar surface area (TPSA) is 35.5 Å². The number of aliphatic hydroxyl groups is 1. The second kappa shape index (κ2) is 7.20. The molecule has 3 nitrogen and oxygen atoms in total. The molecule has 0 saturated heterocycles. The third-order valence-corrected chi connectivity index (χ3v) is 2.44. The Morgan fingerprint density at radius 1 is 1.33 bits per heavy atom. The minimum Gasteiger partial charge on any atom is -0.388 e. The number of hydrogen-bond acceptors (Lipinski definition) is 3. The van der Waals surface area contributed by atoms with Crippen molar-refractivity contribution in [1.82, 2.24) is 10.2 Å². The van der Waals surface area contributed by atoms with Gasteiger partial charge in [0.1, 0.15) is 0 Å². The van der Waals surface area contributed by atoms with Crippen LogP contribution in [0.1, 0.15) is 41.0 Å². The van der Waals surface area contributed by atoms with Crippen LogP contribution in [-0.2, 0) is 0 Å². The van der Waals surface area contributed by atoms with Gasteiger partial charge in [-0.1, -0.05) is 27.7 Å². The maximum absolute atomic E-state index is 10.2. The Kier molecular flexibility index (Phi) is 7.14. The van der Waals surface area contributed by atoms with E-state index in [0.717, 1.165) is 26.1 Å². The molecule has 0 aromatic rings. The van der Waals surface area contributed by atoms with Crippen molar-refractivity contribution in [1.29, 1.82) is 0 Å². The van der Waals surface area contributed by atoms with Gasteiger partial charge in [-0.25, -0.2) is 0 Å². The van der Waals surface area contributed by atoms with Crippen LogP contribution < -0.4 is 5.32 Å². The van der Waals surface area contributed by atoms with Gasteiger partial charge in [0, 0.05) is 19.1 Å². The largest absolute Gasteiger partial charge is 0.388 e. The van der Waals surface area contributed by atoms with Gasteiger partial charge in [-0.15, -0.1) is 0 Å². The first-order valence-corrected chi connectivity index (χ1v) is 6.09. The van der Waals surface area contributed by atoms with E-state index in [0.29, 0.717) is 12.6 Å². The van der Waals surface area contributed by atoms with E-state index in [2.05, 4.69) is 37.9 Å². The Hall–Kier alpha value is -0.120. The molecule has 0 heterocycles. The first kappa shape index (κ1) is 14.9. The molecule has 0 spiro atoms. The van der Waals surface area contributed by atoms with Gasteiger partial charge >= 0.3 is 0 Å². The van der Waals surface area contributed by atoms with Gasteiger partial charge in [0.2, 0.25) is 0 Å². The maximum Gasteiger partial charge on any atom is 0.0869 e. The van der Waals surface area contributed by atoms with E-state index >= 15 is 0 Å². The highest BCUT2D eigenvalue weighted by atomic mass is 16.3. The van der Waals surface area contributed by atoms with E-state index in [9.17, 15) is 5.11 Å². The zero-order valence-corrected chi connectivity index (χ0v) is 11.0. The van der Waals surface area contributed by atoms with Crippen LogP contribution in [0.4, 0.5) is 0 Å². The van der Waals surface area contributed by atoms with Crippen molar-refractivity contribution in [2.75, 3.05) is 26.2 Å². The quantitative estimate of drug-likeness (QED) is 0.645. The Labute approximate surface area is 94.9 Å². The smallest absolute Gasteiger partial charge is 0.0869 e. The molecule has 0 amide bonds. The first-order valence-electron chi connectivity index (χ1n) is 6.09. The minimum atomic E-state index is -0.630. The fourth-order valence-electron chi connectivity index (χ4n) is 1.63. The zero-order valence-electron chi connectivity index (χ0n) is 11.0. The summed E-state index contributed by atoms with van der Waals surface area (Å²) in [6.07, 6.45) is 1.14. The van der Waals surface area contributed by atoms with Crippen molar-refractivity contribution in [2.24, 2.45) is 0 Å². The van der Waals surface area contributed by atoms with Gasteiger partial charge < -0.3 is 15.3 Å². The van der Waals surface area contributed by atoms with Crippen LogP contribution in [0.2, 0.25) is 0 Å². The van der Waals surface area contributed by atoms with Gasteiger partial charge in [-0.05, 0) is 26.4 Å². The third kappa shape index (κ3) is 7.77. The molecular formula is C12H28N2O. The minimum absolute atomic E-state index is 0.428. The summed E-state index contributed by atoms with van der Waals surface area (Å²) in [5.41, 5.74) is -0.630. The summed E-state index contributed by atoms with van der Waals surface area (Å²) in [7, 11) is 0. The summed E-state index contributed by atoms with van der Waals surface area (Å²) in [6, 6.07) is 0.428. The molecule has 0 fully saturated rings. The molecule has 1 unspecified atom stereocenters. The van der Waals surface area contributed by atoms with Crippen molar-refractivity contribution in [3.05, 3.63) is 0 Å². The van der Waals surface area contributed by atoms with Gasteiger partial charge in [0.25, 0.3) is 0 Å².